The molecule has 21 heavy (non-hydrogen) atoms. The van der Waals surface area contributed by atoms with Crippen molar-refractivity contribution >= 4 is 28.8 Å². The van der Waals surface area contributed by atoms with E-state index in [9.17, 15) is 4.79 Å². The summed E-state index contributed by atoms with van der Waals surface area (Å²) in [6.07, 6.45) is 5.04. The van der Waals surface area contributed by atoms with Gasteiger partial charge in [-0.2, -0.15) is 0 Å². The van der Waals surface area contributed by atoms with Crippen LogP contribution in [-0.4, -0.2) is 24.1 Å². The van der Waals surface area contributed by atoms with Crippen LogP contribution in [0.4, 0.5) is 5.69 Å². The van der Waals surface area contributed by atoms with Gasteiger partial charge >= 0.3 is 0 Å². The van der Waals surface area contributed by atoms with Crippen LogP contribution in [0.3, 0.4) is 0 Å². The highest BCUT2D eigenvalue weighted by Gasteiger charge is 2.20. The maximum Gasteiger partial charge on any atom is 0.224 e. The van der Waals surface area contributed by atoms with Crippen LogP contribution >= 0.6 is 12.2 Å². The molecular weight excluding hydrogens is 284 g/mol. The predicted octanol–water partition coefficient (Wildman–Crippen LogP) is 2.86. The van der Waals surface area contributed by atoms with Gasteiger partial charge in [0.2, 0.25) is 5.91 Å². The van der Waals surface area contributed by atoms with Crippen molar-refractivity contribution in [3.8, 4) is 0 Å². The van der Waals surface area contributed by atoms with Crippen molar-refractivity contribution in [2.75, 3.05) is 18.5 Å². The molecule has 2 rings (SSSR count). The second-order valence-electron chi connectivity index (χ2n) is 5.41. The van der Waals surface area contributed by atoms with Crippen LogP contribution in [0.1, 0.15) is 37.7 Å². The first-order valence-corrected chi connectivity index (χ1v) is 7.84. The van der Waals surface area contributed by atoms with Gasteiger partial charge in [-0.3, -0.25) is 4.79 Å². The minimum atomic E-state index is -0.0375. The van der Waals surface area contributed by atoms with Crippen LogP contribution in [0.5, 0.6) is 0 Å². The molecule has 4 nitrogen and oxygen atoms in total. The van der Waals surface area contributed by atoms with Gasteiger partial charge in [0.25, 0.3) is 0 Å². The number of hydrogen-bond donors (Lipinski definition) is 2. The van der Waals surface area contributed by atoms with E-state index < -0.39 is 0 Å². The molecule has 1 amide bonds. The standard InChI is InChI=1S/C16H22N2O2S/c17-16(21)13-4-1-2-5-14(13)18-15(19)6-3-10-20-11-9-12-7-8-12/h1-2,4-5,12H,3,6-11H2,(H2,17,21)(H,18,19). The third-order valence-electron chi connectivity index (χ3n) is 3.53. The second kappa shape index (κ2) is 8.10. The van der Waals surface area contributed by atoms with Gasteiger partial charge in [0.05, 0.1) is 5.69 Å². The quantitative estimate of drug-likeness (QED) is 0.544. The Labute approximate surface area is 131 Å². The maximum atomic E-state index is 11.9. The van der Waals surface area contributed by atoms with E-state index in [1.807, 2.05) is 12.1 Å². The van der Waals surface area contributed by atoms with Gasteiger partial charge in [-0.25, -0.2) is 0 Å². The van der Waals surface area contributed by atoms with Gasteiger partial charge in [-0.1, -0.05) is 37.2 Å². The van der Waals surface area contributed by atoms with Crippen molar-refractivity contribution in [1.82, 2.24) is 0 Å². The van der Waals surface area contributed by atoms with Crippen LogP contribution in [0, 0.1) is 5.92 Å². The first-order chi connectivity index (χ1) is 10.2. The average molecular weight is 306 g/mol. The second-order valence-corrected chi connectivity index (χ2v) is 5.85. The van der Waals surface area contributed by atoms with E-state index in [0.29, 0.717) is 24.3 Å². The summed E-state index contributed by atoms with van der Waals surface area (Å²) < 4.78 is 5.53. The number of anilines is 1. The fourth-order valence-corrected chi connectivity index (χ4v) is 2.29. The number of ether oxygens (including phenoxy) is 1. The van der Waals surface area contributed by atoms with E-state index in [1.165, 1.54) is 12.8 Å². The molecule has 0 radical (unpaired) electrons. The van der Waals surface area contributed by atoms with Gasteiger partial charge in [0.15, 0.2) is 0 Å². The number of thiocarbonyl (C=S) groups is 1. The number of para-hydroxylation sites is 1. The summed E-state index contributed by atoms with van der Waals surface area (Å²) in [6, 6.07) is 7.30. The van der Waals surface area contributed by atoms with E-state index in [2.05, 4.69) is 5.32 Å². The van der Waals surface area contributed by atoms with Crippen LogP contribution in [0.15, 0.2) is 24.3 Å². The summed E-state index contributed by atoms with van der Waals surface area (Å²) in [5.74, 6) is 0.856. The van der Waals surface area contributed by atoms with Crippen LogP contribution in [0.25, 0.3) is 0 Å². The smallest absolute Gasteiger partial charge is 0.224 e. The summed E-state index contributed by atoms with van der Waals surface area (Å²) >= 11 is 4.97. The molecule has 0 heterocycles. The third kappa shape index (κ3) is 5.81. The van der Waals surface area contributed by atoms with Crippen LogP contribution < -0.4 is 11.1 Å². The van der Waals surface area contributed by atoms with E-state index in [-0.39, 0.29) is 10.9 Å². The van der Waals surface area contributed by atoms with Crippen molar-refractivity contribution in [2.45, 2.75) is 32.1 Å². The topological polar surface area (TPSA) is 64.3 Å². The molecule has 0 aromatic heterocycles. The summed E-state index contributed by atoms with van der Waals surface area (Å²) in [4.78, 5) is 12.2. The first-order valence-electron chi connectivity index (χ1n) is 7.43. The van der Waals surface area contributed by atoms with Crippen molar-refractivity contribution in [3.63, 3.8) is 0 Å². The van der Waals surface area contributed by atoms with Crippen molar-refractivity contribution in [1.29, 1.82) is 0 Å². The number of benzene rings is 1. The Hall–Kier alpha value is -1.46. The highest BCUT2D eigenvalue weighted by atomic mass is 32.1. The number of amides is 1. The Bertz CT molecular complexity index is 501. The van der Waals surface area contributed by atoms with Crippen LogP contribution in [0.2, 0.25) is 0 Å². The average Bonchev–Trinajstić information content (AvgIpc) is 3.27. The molecular formula is C16H22N2O2S. The van der Waals surface area contributed by atoms with Crippen molar-refractivity contribution in [3.05, 3.63) is 29.8 Å². The SMILES string of the molecule is NC(=S)c1ccccc1NC(=O)CCCOCCC1CC1. The minimum absolute atomic E-state index is 0.0375. The largest absolute Gasteiger partial charge is 0.389 e. The summed E-state index contributed by atoms with van der Waals surface area (Å²) in [5, 5.41) is 2.85. The van der Waals surface area contributed by atoms with Crippen LogP contribution in [-0.2, 0) is 9.53 Å². The normalized spacial score (nSPS) is 13.9. The zero-order chi connectivity index (χ0) is 15.1. The molecule has 0 spiro atoms. The highest BCUT2D eigenvalue weighted by Crippen LogP contribution is 2.32. The fraction of sp³-hybridized carbons (Fsp3) is 0.500. The number of rotatable bonds is 9. The number of carbonyl (C=O) groups excluding carboxylic acids is 1. The van der Waals surface area contributed by atoms with Gasteiger partial charge in [-0.15, -0.1) is 0 Å². The maximum absolute atomic E-state index is 11.9. The molecule has 1 fully saturated rings. The molecule has 0 saturated heterocycles. The predicted molar refractivity (Wildman–Crippen MR) is 88.4 cm³/mol. The number of nitrogens with one attached hydrogen (secondary N) is 1. The van der Waals surface area contributed by atoms with E-state index in [1.54, 1.807) is 12.1 Å². The Kier molecular flexibility index (Phi) is 6.14. The molecule has 0 unspecified atom stereocenters. The van der Waals surface area contributed by atoms with E-state index in [4.69, 9.17) is 22.7 Å². The van der Waals surface area contributed by atoms with E-state index >= 15 is 0 Å². The molecule has 1 aliphatic carbocycles. The third-order valence-corrected chi connectivity index (χ3v) is 3.75. The molecule has 0 atom stereocenters. The Morgan fingerprint density at radius 1 is 1.33 bits per heavy atom. The number of carbonyl (C=O) groups is 1. The molecule has 0 aliphatic heterocycles. The van der Waals surface area contributed by atoms with Gasteiger partial charge < -0.3 is 15.8 Å². The molecule has 3 N–H and O–H groups in total. The summed E-state index contributed by atoms with van der Waals surface area (Å²) in [6.45, 7) is 1.45. The molecule has 1 aliphatic rings. The molecule has 1 aromatic rings. The minimum Gasteiger partial charge on any atom is -0.389 e. The zero-order valence-electron chi connectivity index (χ0n) is 12.1. The molecule has 114 valence electrons. The Morgan fingerprint density at radius 2 is 2.10 bits per heavy atom. The Morgan fingerprint density at radius 3 is 2.81 bits per heavy atom. The van der Waals surface area contributed by atoms with Gasteiger partial charge in [0.1, 0.15) is 4.99 Å². The summed E-state index contributed by atoms with van der Waals surface area (Å²) in [7, 11) is 0. The molecule has 5 heteroatoms. The Balaban J connectivity index is 1.65. The zero-order valence-corrected chi connectivity index (χ0v) is 13.0. The van der Waals surface area contributed by atoms with Crippen molar-refractivity contribution < 1.29 is 9.53 Å². The number of hydrogen-bond acceptors (Lipinski definition) is 3. The first kappa shape index (κ1) is 15.9. The van der Waals surface area contributed by atoms with Gasteiger partial charge in [0, 0.05) is 25.2 Å². The lowest BCUT2D eigenvalue weighted by atomic mass is 10.1. The highest BCUT2D eigenvalue weighted by molar-refractivity contribution is 7.80. The molecule has 0 bridgehead atoms. The lowest BCUT2D eigenvalue weighted by molar-refractivity contribution is -0.116. The monoisotopic (exact) mass is 306 g/mol. The van der Waals surface area contributed by atoms with Crippen molar-refractivity contribution in [2.24, 2.45) is 11.7 Å². The molecule has 1 saturated carbocycles. The van der Waals surface area contributed by atoms with E-state index in [0.717, 1.165) is 25.4 Å². The number of nitrogens with two attached hydrogens (primary N) is 1. The lowest BCUT2D eigenvalue weighted by Crippen LogP contribution is -2.17. The lowest BCUT2D eigenvalue weighted by Gasteiger charge is -2.10. The fourth-order valence-electron chi connectivity index (χ4n) is 2.11. The molecule has 1 aromatic carbocycles. The summed E-state index contributed by atoms with van der Waals surface area (Å²) in [5.41, 5.74) is 7.00. The van der Waals surface area contributed by atoms with Gasteiger partial charge in [-0.05, 0) is 30.9 Å².